The second kappa shape index (κ2) is 7.11. The smallest absolute Gasteiger partial charge is 0.339 e. The van der Waals surface area contributed by atoms with Crippen molar-refractivity contribution in [2.75, 3.05) is 0 Å². The van der Waals surface area contributed by atoms with E-state index in [0.29, 0.717) is 22.8 Å². The van der Waals surface area contributed by atoms with Gasteiger partial charge in [0, 0.05) is 0 Å². The quantitative estimate of drug-likeness (QED) is 0.691. The van der Waals surface area contributed by atoms with E-state index in [-0.39, 0.29) is 28.7 Å². The monoisotopic (exact) mass is 388 g/mol. The average molecular weight is 389 g/mol. The Morgan fingerprint density at radius 2 is 1.93 bits per heavy atom. The normalized spacial score (nSPS) is 34.6. The van der Waals surface area contributed by atoms with E-state index in [1.807, 2.05) is 13.0 Å². The van der Waals surface area contributed by atoms with Crippen LogP contribution in [-0.2, 0) is 0 Å². The Balaban J connectivity index is 1.83. The minimum Gasteiger partial charge on any atom is -0.506 e. The van der Waals surface area contributed by atoms with Gasteiger partial charge >= 0.3 is 5.97 Å². The maximum atomic E-state index is 11.4. The van der Waals surface area contributed by atoms with Gasteiger partial charge in [0.25, 0.3) is 0 Å². The number of rotatable bonds is 4. The number of carboxylic acids is 1. The third-order valence-electron chi connectivity index (χ3n) is 7.46. The van der Waals surface area contributed by atoms with Crippen molar-refractivity contribution in [3.63, 3.8) is 0 Å². The molecular weight excluding hydrogens is 356 g/mol. The number of benzene rings is 1. The Kier molecular flexibility index (Phi) is 5.26. The summed E-state index contributed by atoms with van der Waals surface area (Å²) < 4.78 is 6.25. The molecule has 5 heteroatoms. The van der Waals surface area contributed by atoms with E-state index in [1.54, 1.807) is 19.1 Å². The lowest BCUT2D eigenvalue weighted by atomic mass is 9.58. The van der Waals surface area contributed by atoms with Gasteiger partial charge in [-0.1, -0.05) is 20.8 Å². The second-order valence-corrected chi connectivity index (χ2v) is 9.22. The van der Waals surface area contributed by atoms with Gasteiger partial charge in [-0.25, -0.2) is 4.79 Å². The number of aromatic carboxylic acids is 1. The zero-order valence-corrected chi connectivity index (χ0v) is 17.5. The van der Waals surface area contributed by atoms with Gasteiger partial charge in [-0.2, -0.15) is 0 Å². The maximum Gasteiger partial charge on any atom is 0.339 e. The number of carboxylic acid groups (broad SMARTS) is 1. The third-order valence-corrected chi connectivity index (χ3v) is 7.46. The van der Waals surface area contributed by atoms with Crippen LogP contribution in [0.1, 0.15) is 74.9 Å². The zero-order valence-electron chi connectivity index (χ0n) is 17.5. The highest BCUT2D eigenvalue weighted by atomic mass is 16.5. The Hall–Kier alpha value is -2.01. The minimum absolute atomic E-state index is 0.0311. The summed E-state index contributed by atoms with van der Waals surface area (Å²) in [6.07, 6.45) is 7.01. The molecule has 1 unspecified atom stereocenters. The van der Waals surface area contributed by atoms with Crippen LogP contribution in [0.2, 0.25) is 0 Å². The number of ether oxygens (including phenoxy) is 1. The first-order valence-corrected chi connectivity index (χ1v) is 10.1. The topological polar surface area (TPSA) is 87.0 Å². The van der Waals surface area contributed by atoms with Gasteiger partial charge in [-0.15, -0.1) is 0 Å². The lowest BCUT2D eigenvalue weighted by molar-refractivity contribution is -0.0552. The number of aromatic hydroxyl groups is 1. The van der Waals surface area contributed by atoms with E-state index in [9.17, 15) is 20.1 Å². The number of aliphatic hydroxyl groups excluding tert-OH is 1. The van der Waals surface area contributed by atoms with Gasteiger partial charge in [-0.3, -0.25) is 0 Å². The molecule has 5 nitrogen and oxygen atoms in total. The minimum atomic E-state index is -1.15. The molecule has 2 aliphatic rings. The van der Waals surface area contributed by atoms with Crippen LogP contribution in [0.25, 0.3) is 6.08 Å². The summed E-state index contributed by atoms with van der Waals surface area (Å²) in [5.41, 5.74) is 0.305. The molecule has 1 aromatic carbocycles. The number of aryl methyl sites for hydroxylation is 1. The molecule has 0 bridgehead atoms. The Bertz CT molecular complexity index is 814. The Morgan fingerprint density at radius 3 is 2.57 bits per heavy atom. The van der Waals surface area contributed by atoms with E-state index in [4.69, 9.17) is 4.74 Å². The van der Waals surface area contributed by atoms with Gasteiger partial charge < -0.3 is 20.1 Å². The molecule has 0 amide bonds. The van der Waals surface area contributed by atoms with Gasteiger partial charge in [0.1, 0.15) is 22.7 Å². The van der Waals surface area contributed by atoms with Crippen molar-refractivity contribution < 1.29 is 24.9 Å². The van der Waals surface area contributed by atoms with Crippen LogP contribution in [0.5, 0.6) is 11.5 Å². The number of hydrogen-bond donors (Lipinski definition) is 3. The Morgan fingerprint density at radius 1 is 1.25 bits per heavy atom. The van der Waals surface area contributed by atoms with Gasteiger partial charge in [0.15, 0.2) is 0 Å². The van der Waals surface area contributed by atoms with Crippen molar-refractivity contribution in [1.82, 2.24) is 0 Å². The maximum absolute atomic E-state index is 11.4. The van der Waals surface area contributed by atoms with Gasteiger partial charge in [0.05, 0.1) is 11.7 Å². The summed E-state index contributed by atoms with van der Waals surface area (Å²) in [4.78, 5) is 11.4. The molecule has 1 aromatic rings. The molecule has 0 radical (unpaired) electrons. The molecule has 3 rings (SSSR count). The van der Waals surface area contributed by atoms with E-state index in [0.717, 1.165) is 25.7 Å². The van der Waals surface area contributed by atoms with Crippen LogP contribution in [0.3, 0.4) is 0 Å². The van der Waals surface area contributed by atoms with Crippen LogP contribution >= 0.6 is 0 Å². The van der Waals surface area contributed by atoms with Crippen molar-refractivity contribution in [3.8, 4) is 11.5 Å². The third kappa shape index (κ3) is 3.41. The first-order valence-electron chi connectivity index (χ1n) is 10.1. The predicted molar refractivity (Wildman–Crippen MR) is 109 cm³/mol. The number of aliphatic hydroxyl groups is 1. The predicted octanol–water partition coefficient (Wildman–Crippen LogP) is 4.78. The highest BCUT2D eigenvalue weighted by Crippen LogP contribution is 2.50. The van der Waals surface area contributed by atoms with Crippen molar-refractivity contribution in [3.05, 3.63) is 28.8 Å². The molecule has 0 saturated heterocycles. The molecule has 28 heavy (non-hydrogen) atoms. The average Bonchev–Trinajstić information content (AvgIpc) is 2.61. The van der Waals surface area contributed by atoms with Crippen LogP contribution in [-0.4, -0.2) is 33.0 Å². The molecule has 5 atom stereocenters. The molecule has 0 aromatic heterocycles. The summed E-state index contributed by atoms with van der Waals surface area (Å²) in [5, 5.41) is 30.1. The lowest BCUT2D eigenvalue weighted by Gasteiger charge is -2.49. The first-order chi connectivity index (χ1) is 13.0. The van der Waals surface area contributed by atoms with Gasteiger partial charge in [0.2, 0.25) is 0 Å². The summed E-state index contributed by atoms with van der Waals surface area (Å²) in [7, 11) is 0. The number of fused-ring (bicyclic) bond motifs is 1. The molecule has 1 saturated carbocycles. The zero-order chi connectivity index (χ0) is 20.9. The van der Waals surface area contributed by atoms with Gasteiger partial charge in [-0.05, 0) is 80.6 Å². The largest absolute Gasteiger partial charge is 0.506 e. The molecule has 1 fully saturated rings. The van der Waals surface area contributed by atoms with Crippen LogP contribution in [0.4, 0.5) is 0 Å². The molecule has 1 aliphatic heterocycles. The van der Waals surface area contributed by atoms with Crippen LogP contribution < -0.4 is 4.74 Å². The number of hydrogen-bond acceptors (Lipinski definition) is 4. The fourth-order valence-corrected chi connectivity index (χ4v) is 4.86. The molecular formula is C23H32O5. The highest BCUT2D eigenvalue weighted by Gasteiger charge is 2.45. The molecule has 1 heterocycles. The lowest BCUT2D eigenvalue weighted by Crippen LogP contribution is -2.45. The Labute approximate surface area is 167 Å². The van der Waals surface area contributed by atoms with E-state index < -0.39 is 11.6 Å². The summed E-state index contributed by atoms with van der Waals surface area (Å²) in [5.74, 6) is -0.125. The summed E-state index contributed by atoms with van der Waals surface area (Å²) in [6.45, 7) is 10.4. The second-order valence-electron chi connectivity index (χ2n) is 9.22. The fraction of sp³-hybridized carbons (Fsp3) is 0.609. The van der Waals surface area contributed by atoms with E-state index in [1.165, 1.54) is 0 Å². The molecule has 154 valence electrons. The summed E-state index contributed by atoms with van der Waals surface area (Å²) >= 11 is 0. The molecule has 3 N–H and O–H groups in total. The van der Waals surface area contributed by atoms with Crippen molar-refractivity contribution >= 4 is 12.0 Å². The highest BCUT2D eigenvalue weighted by molar-refractivity contribution is 5.95. The standard InChI is InChI=1S/C23H32O5/c1-13-12-18-16(20(25)19(13)21(26)27)8-9-22(4,28-18)10-11-23(5)14(2)6-7-17(24)15(23)3/h8-9,12,14-15,17,24-25H,6-7,10-11H2,1-5H3,(H,26,27)/t14-,15+,17+,22?,23+/m1/s1. The number of carbonyl (C=O) groups is 1. The first kappa shape index (κ1) is 20.7. The van der Waals surface area contributed by atoms with Crippen LogP contribution in [0.15, 0.2) is 12.1 Å². The van der Waals surface area contributed by atoms with E-state index >= 15 is 0 Å². The van der Waals surface area contributed by atoms with Crippen molar-refractivity contribution in [2.24, 2.45) is 17.3 Å². The fourth-order valence-electron chi connectivity index (χ4n) is 4.86. The van der Waals surface area contributed by atoms with Crippen LogP contribution in [0, 0.1) is 24.2 Å². The SMILES string of the molecule is Cc1cc2c(c(O)c1C(=O)O)C=CC(C)(CC[C@@]1(C)[C@H](C)CC[C@H](O)[C@@H]1C)O2. The number of phenols is 1. The van der Waals surface area contributed by atoms with Crippen molar-refractivity contribution in [2.45, 2.75) is 72.0 Å². The summed E-state index contributed by atoms with van der Waals surface area (Å²) in [6, 6.07) is 1.69. The molecule has 1 aliphatic carbocycles. The van der Waals surface area contributed by atoms with Crippen molar-refractivity contribution in [1.29, 1.82) is 0 Å². The van der Waals surface area contributed by atoms with E-state index in [2.05, 4.69) is 20.8 Å². The molecule has 0 spiro atoms.